The second kappa shape index (κ2) is 5.76. The van der Waals surface area contributed by atoms with E-state index >= 15 is 0 Å². The standard InChI is InChI=1S/C18H18N2O3/c1-11-5-3-6-12(2)17(11)19-15-10-16(22)20(18(15)23)13-7-4-8-14(21)9-13/h3-9,15,19,21H,10H2,1-2H3. The molecule has 2 aromatic rings. The number of nitrogens with one attached hydrogen (secondary N) is 1. The summed E-state index contributed by atoms with van der Waals surface area (Å²) in [6.45, 7) is 3.92. The molecule has 3 rings (SSSR count). The van der Waals surface area contributed by atoms with Crippen LogP contribution in [0, 0.1) is 13.8 Å². The van der Waals surface area contributed by atoms with Crippen LogP contribution in [0.3, 0.4) is 0 Å². The van der Waals surface area contributed by atoms with Gasteiger partial charge in [0.05, 0.1) is 12.1 Å². The number of phenolic OH excluding ortho intramolecular Hbond substituents is 1. The van der Waals surface area contributed by atoms with E-state index in [1.54, 1.807) is 12.1 Å². The lowest BCUT2D eigenvalue weighted by molar-refractivity contribution is -0.121. The first-order chi connectivity index (χ1) is 11.0. The molecule has 1 saturated heterocycles. The van der Waals surface area contributed by atoms with Gasteiger partial charge in [0.1, 0.15) is 11.8 Å². The van der Waals surface area contributed by atoms with Gasteiger partial charge in [-0.1, -0.05) is 24.3 Å². The Morgan fingerprint density at radius 3 is 2.39 bits per heavy atom. The quantitative estimate of drug-likeness (QED) is 0.855. The number of benzene rings is 2. The van der Waals surface area contributed by atoms with Crippen molar-refractivity contribution in [2.45, 2.75) is 26.3 Å². The number of carbonyl (C=O) groups is 2. The van der Waals surface area contributed by atoms with Gasteiger partial charge in [-0.3, -0.25) is 9.59 Å². The molecule has 2 amide bonds. The summed E-state index contributed by atoms with van der Waals surface area (Å²) in [5.41, 5.74) is 3.34. The Bertz CT molecular complexity index is 765. The summed E-state index contributed by atoms with van der Waals surface area (Å²) in [4.78, 5) is 26.0. The van der Waals surface area contributed by atoms with Gasteiger partial charge in [0.25, 0.3) is 5.91 Å². The van der Waals surface area contributed by atoms with Crippen LogP contribution in [0.1, 0.15) is 17.5 Å². The SMILES string of the molecule is Cc1cccc(C)c1NC1CC(=O)N(c2cccc(O)c2)C1=O. The van der Waals surface area contributed by atoms with E-state index in [9.17, 15) is 14.7 Å². The fourth-order valence-electron chi connectivity index (χ4n) is 2.86. The molecular weight excluding hydrogens is 292 g/mol. The minimum absolute atomic E-state index is 0.0225. The van der Waals surface area contributed by atoms with E-state index in [2.05, 4.69) is 5.32 Å². The number of hydrogen-bond acceptors (Lipinski definition) is 4. The highest BCUT2D eigenvalue weighted by molar-refractivity contribution is 6.23. The summed E-state index contributed by atoms with van der Waals surface area (Å²) in [6.07, 6.45) is 0.0995. The van der Waals surface area contributed by atoms with Crippen LogP contribution in [0.2, 0.25) is 0 Å². The van der Waals surface area contributed by atoms with Gasteiger partial charge >= 0.3 is 0 Å². The van der Waals surface area contributed by atoms with Crippen molar-refractivity contribution in [1.29, 1.82) is 0 Å². The second-order valence-electron chi connectivity index (χ2n) is 5.76. The van der Waals surface area contributed by atoms with Gasteiger partial charge in [0.2, 0.25) is 5.91 Å². The number of anilines is 2. The third-order valence-electron chi connectivity index (χ3n) is 4.03. The monoisotopic (exact) mass is 310 g/mol. The number of rotatable bonds is 3. The highest BCUT2D eigenvalue weighted by Crippen LogP contribution is 2.29. The normalized spacial score (nSPS) is 17.7. The summed E-state index contributed by atoms with van der Waals surface area (Å²) in [7, 11) is 0. The number of aromatic hydroxyl groups is 1. The molecular formula is C18H18N2O3. The summed E-state index contributed by atoms with van der Waals surface area (Å²) in [6, 6.07) is 11.4. The predicted molar refractivity (Wildman–Crippen MR) is 88.5 cm³/mol. The molecule has 1 aliphatic rings. The van der Waals surface area contributed by atoms with E-state index in [1.165, 1.54) is 12.1 Å². The number of hydrogen-bond donors (Lipinski definition) is 2. The summed E-state index contributed by atoms with van der Waals surface area (Å²) < 4.78 is 0. The molecule has 2 N–H and O–H groups in total. The van der Waals surface area contributed by atoms with Crippen LogP contribution in [0.15, 0.2) is 42.5 Å². The smallest absolute Gasteiger partial charge is 0.256 e. The van der Waals surface area contributed by atoms with E-state index in [0.29, 0.717) is 5.69 Å². The van der Waals surface area contributed by atoms with E-state index in [0.717, 1.165) is 21.7 Å². The summed E-state index contributed by atoms with van der Waals surface area (Å²) in [5, 5.41) is 12.8. The minimum atomic E-state index is -0.593. The van der Waals surface area contributed by atoms with E-state index < -0.39 is 6.04 Å². The maximum Gasteiger partial charge on any atom is 0.256 e. The molecule has 0 aromatic heterocycles. The molecule has 0 radical (unpaired) electrons. The van der Waals surface area contributed by atoms with E-state index in [4.69, 9.17) is 0 Å². The third kappa shape index (κ3) is 2.77. The molecule has 0 aliphatic carbocycles. The fourth-order valence-corrected chi connectivity index (χ4v) is 2.86. The molecule has 23 heavy (non-hydrogen) atoms. The lowest BCUT2D eigenvalue weighted by Gasteiger charge is -2.18. The molecule has 0 saturated carbocycles. The first-order valence-electron chi connectivity index (χ1n) is 7.46. The zero-order valence-electron chi connectivity index (χ0n) is 13.0. The molecule has 0 spiro atoms. The Morgan fingerprint density at radius 2 is 1.74 bits per heavy atom. The molecule has 5 nitrogen and oxygen atoms in total. The summed E-state index contributed by atoms with van der Waals surface area (Å²) >= 11 is 0. The van der Waals surface area contributed by atoms with Crippen molar-refractivity contribution in [3.05, 3.63) is 53.6 Å². The molecule has 1 aliphatic heterocycles. The number of imide groups is 1. The maximum atomic E-state index is 12.6. The molecule has 1 fully saturated rings. The summed E-state index contributed by atoms with van der Waals surface area (Å²) in [5.74, 6) is -0.554. The van der Waals surface area contributed by atoms with Gasteiger partial charge in [0.15, 0.2) is 0 Å². The minimum Gasteiger partial charge on any atom is -0.508 e. The molecule has 118 valence electrons. The van der Waals surface area contributed by atoms with Crippen LogP contribution in [-0.2, 0) is 9.59 Å². The van der Waals surface area contributed by atoms with Gasteiger partial charge in [-0.25, -0.2) is 4.90 Å². The van der Waals surface area contributed by atoms with Crippen molar-refractivity contribution >= 4 is 23.2 Å². The number of amides is 2. The molecule has 2 aromatic carbocycles. The predicted octanol–water partition coefficient (Wildman–Crippen LogP) is 2.75. The van der Waals surface area contributed by atoms with Crippen molar-refractivity contribution in [3.63, 3.8) is 0 Å². The average Bonchev–Trinajstić information content (AvgIpc) is 2.77. The van der Waals surface area contributed by atoms with Crippen LogP contribution in [0.4, 0.5) is 11.4 Å². The van der Waals surface area contributed by atoms with Crippen molar-refractivity contribution < 1.29 is 14.7 Å². The van der Waals surface area contributed by atoms with Crippen LogP contribution < -0.4 is 10.2 Å². The Kier molecular flexibility index (Phi) is 3.78. The Labute approximate surface area is 134 Å². The molecule has 5 heteroatoms. The van der Waals surface area contributed by atoms with E-state index in [-0.39, 0.29) is 24.0 Å². The topological polar surface area (TPSA) is 69.6 Å². The molecule has 1 atom stereocenters. The van der Waals surface area contributed by atoms with Gasteiger partial charge in [-0.2, -0.15) is 0 Å². The van der Waals surface area contributed by atoms with E-state index in [1.807, 2.05) is 32.0 Å². The van der Waals surface area contributed by atoms with Crippen molar-refractivity contribution in [2.24, 2.45) is 0 Å². The third-order valence-corrected chi connectivity index (χ3v) is 4.03. The lowest BCUT2D eigenvalue weighted by atomic mass is 10.1. The Morgan fingerprint density at radius 1 is 1.09 bits per heavy atom. The largest absolute Gasteiger partial charge is 0.508 e. The maximum absolute atomic E-state index is 12.6. The number of aryl methyl sites for hydroxylation is 2. The van der Waals surface area contributed by atoms with Crippen LogP contribution in [-0.4, -0.2) is 23.0 Å². The number of carbonyl (C=O) groups excluding carboxylic acids is 2. The zero-order valence-corrected chi connectivity index (χ0v) is 13.0. The zero-order chi connectivity index (χ0) is 16.6. The average molecular weight is 310 g/mol. The lowest BCUT2D eigenvalue weighted by Crippen LogP contribution is -2.35. The van der Waals surface area contributed by atoms with Crippen LogP contribution >= 0.6 is 0 Å². The fraction of sp³-hybridized carbons (Fsp3) is 0.222. The Hall–Kier alpha value is -2.82. The van der Waals surface area contributed by atoms with Crippen LogP contribution in [0.25, 0.3) is 0 Å². The molecule has 0 bridgehead atoms. The molecule has 1 unspecified atom stereocenters. The van der Waals surface area contributed by atoms with Crippen LogP contribution in [0.5, 0.6) is 5.75 Å². The Balaban J connectivity index is 1.87. The van der Waals surface area contributed by atoms with Crippen molar-refractivity contribution in [2.75, 3.05) is 10.2 Å². The molecule has 1 heterocycles. The van der Waals surface area contributed by atoms with Crippen molar-refractivity contribution in [3.8, 4) is 5.75 Å². The van der Waals surface area contributed by atoms with Crippen molar-refractivity contribution in [1.82, 2.24) is 0 Å². The van der Waals surface area contributed by atoms with Gasteiger partial charge in [0, 0.05) is 11.8 Å². The highest BCUT2D eigenvalue weighted by Gasteiger charge is 2.39. The first kappa shape index (κ1) is 15.1. The number of para-hydroxylation sites is 1. The van der Waals surface area contributed by atoms with Gasteiger partial charge in [-0.05, 0) is 37.1 Å². The number of nitrogens with zero attached hydrogens (tertiary/aromatic N) is 1. The van der Waals surface area contributed by atoms with Gasteiger partial charge < -0.3 is 10.4 Å². The first-order valence-corrected chi connectivity index (χ1v) is 7.46. The highest BCUT2D eigenvalue weighted by atomic mass is 16.3. The number of phenols is 1. The van der Waals surface area contributed by atoms with Gasteiger partial charge in [-0.15, -0.1) is 0 Å². The second-order valence-corrected chi connectivity index (χ2v) is 5.76.